The molecule has 4 nitrogen and oxygen atoms in total. The number of rotatable bonds is 2. The van der Waals surface area contributed by atoms with Crippen LogP contribution in [0.5, 0.6) is 0 Å². The lowest BCUT2D eigenvalue weighted by atomic mass is 10.1. The van der Waals surface area contributed by atoms with Crippen LogP contribution >= 0.6 is 11.6 Å². The summed E-state index contributed by atoms with van der Waals surface area (Å²) in [5, 5.41) is 4.84. The zero-order chi connectivity index (χ0) is 12.4. The molecule has 1 heterocycles. The number of anilines is 1. The van der Waals surface area contributed by atoms with Gasteiger partial charge in [0.05, 0.1) is 5.69 Å². The maximum absolute atomic E-state index is 11.7. The predicted molar refractivity (Wildman–Crippen MR) is 69.3 cm³/mol. The molecule has 2 rings (SSSR count). The van der Waals surface area contributed by atoms with Crippen molar-refractivity contribution in [1.82, 2.24) is 4.90 Å². The van der Waals surface area contributed by atoms with Gasteiger partial charge in [-0.2, -0.15) is 5.10 Å². The zero-order valence-corrected chi connectivity index (χ0v) is 10.5. The van der Waals surface area contributed by atoms with Crippen molar-refractivity contribution in [3.63, 3.8) is 0 Å². The predicted octanol–water partition coefficient (Wildman–Crippen LogP) is 2.22. The van der Waals surface area contributed by atoms with Gasteiger partial charge >= 0.3 is 0 Å². The van der Waals surface area contributed by atoms with Gasteiger partial charge in [0.2, 0.25) is 0 Å². The highest BCUT2D eigenvalue weighted by Crippen LogP contribution is 2.16. The summed E-state index contributed by atoms with van der Waals surface area (Å²) in [6, 6.07) is 7.19. The lowest BCUT2D eigenvalue weighted by Crippen LogP contribution is -2.23. The minimum atomic E-state index is -0.0148. The van der Waals surface area contributed by atoms with Gasteiger partial charge in [-0.1, -0.05) is 18.5 Å². The first-order chi connectivity index (χ1) is 8.08. The van der Waals surface area contributed by atoms with Gasteiger partial charge in [-0.05, 0) is 24.3 Å². The summed E-state index contributed by atoms with van der Waals surface area (Å²) in [5.41, 5.74) is 4.26. The molecule has 1 aliphatic heterocycles. The third-order valence-electron chi connectivity index (χ3n) is 2.73. The number of hydrazone groups is 1. The van der Waals surface area contributed by atoms with E-state index in [-0.39, 0.29) is 11.8 Å². The number of carbonyl (C=O) groups is 1. The molecule has 0 bridgehead atoms. The molecule has 1 aromatic carbocycles. The Labute approximate surface area is 105 Å². The van der Waals surface area contributed by atoms with E-state index < -0.39 is 0 Å². The molecule has 90 valence electrons. The molecule has 1 aromatic rings. The fraction of sp³-hybridized carbons (Fsp3) is 0.333. The maximum Gasteiger partial charge on any atom is 0.270 e. The highest BCUT2D eigenvalue weighted by atomic mass is 35.5. The van der Waals surface area contributed by atoms with Crippen molar-refractivity contribution in [2.24, 2.45) is 11.0 Å². The fourth-order valence-corrected chi connectivity index (χ4v) is 1.92. The zero-order valence-electron chi connectivity index (χ0n) is 9.77. The molecular weight excluding hydrogens is 238 g/mol. The van der Waals surface area contributed by atoms with Crippen LogP contribution in [-0.4, -0.2) is 30.1 Å². The first kappa shape index (κ1) is 11.9. The van der Waals surface area contributed by atoms with Gasteiger partial charge in [0.15, 0.2) is 0 Å². The van der Waals surface area contributed by atoms with Crippen molar-refractivity contribution in [3.8, 4) is 0 Å². The number of amides is 1. The second-order valence-corrected chi connectivity index (χ2v) is 4.64. The van der Waals surface area contributed by atoms with E-state index in [0.717, 1.165) is 12.2 Å². The smallest absolute Gasteiger partial charge is 0.270 e. The topological polar surface area (TPSA) is 44.7 Å². The first-order valence-electron chi connectivity index (χ1n) is 5.42. The van der Waals surface area contributed by atoms with E-state index in [4.69, 9.17) is 11.6 Å². The summed E-state index contributed by atoms with van der Waals surface area (Å²) in [5.74, 6) is 0.145. The minimum absolute atomic E-state index is 0.0148. The quantitative estimate of drug-likeness (QED) is 0.820. The van der Waals surface area contributed by atoms with Gasteiger partial charge < -0.3 is 4.90 Å². The van der Waals surface area contributed by atoms with Crippen LogP contribution in [0.4, 0.5) is 5.69 Å². The normalized spacial score (nSPS) is 22.3. The molecule has 0 saturated carbocycles. The molecule has 5 heteroatoms. The summed E-state index contributed by atoms with van der Waals surface area (Å²) in [6.07, 6.45) is 0. The van der Waals surface area contributed by atoms with Gasteiger partial charge in [0.25, 0.3) is 5.91 Å². The Hall–Kier alpha value is -1.55. The Balaban J connectivity index is 2.10. The second kappa shape index (κ2) is 4.75. The monoisotopic (exact) mass is 251 g/mol. The largest absolute Gasteiger partial charge is 0.340 e. The van der Waals surface area contributed by atoms with Crippen LogP contribution in [0.3, 0.4) is 0 Å². The molecule has 1 amide bonds. The van der Waals surface area contributed by atoms with Gasteiger partial charge in [-0.15, -0.1) is 0 Å². The minimum Gasteiger partial charge on any atom is -0.340 e. The van der Waals surface area contributed by atoms with Crippen LogP contribution in [0.1, 0.15) is 6.92 Å². The summed E-state index contributed by atoms with van der Waals surface area (Å²) < 4.78 is 0. The third-order valence-corrected chi connectivity index (χ3v) is 2.98. The number of likely N-dealkylation sites (tertiary alicyclic amines) is 1. The van der Waals surface area contributed by atoms with E-state index >= 15 is 0 Å². The van der Waals surface area contributed by atoms with Gasteiger partial charge in [-0.3, -0.25) is 10.2 Å². The van der Waals surface area contributed by atoms with E-state index in [9.17, 15) is 4.79 Å². The summed E-state index contributed by atoms with van der Waals surface area (Å²) >= 11 is 5.78. The molecule has 0 aromatic heterocycles. The standard InChI is InChI=1S/C12H14ClN3O/c1-8-7-16(2)12(17)11(8)15-14-10-5-3-9(13)4-6-10/h3-6,8,14H,7H2,1-2H3. The molecule has 1 atom stereocenters. The molecule has 0 radical (unpaired) electrons. The Morgan fingerprint density at radius 3 is 2.59 bits per heavy atom. The molecule has 1 fully saturated rings. The Morgan fingerprint density at radius 1 is 1.41 bits per heavy atom. The lowest BCUT2D eigenvalue weighted by molar-refractivity contribution is -0.121. The van der Waals surface area contributed by atoms with Crippen molar-refractivity contribution >= 4 is 28.9 Å². The maximum atomic E-state index is 11.7. The van der Waals surface area contributed by atoms with E-state index in [1.165, 1.54) is 0 Å². The summed E-state index contributed by atoms with van der Waals surface area (Å²) in [4.78, 5) is 13.4. The van der Waals surface area contributed by atoms with Gasteiger partial charge in [0, 0.05) is 24.5 Å². The number of nitrogens with one attached hydrogen (secondary N) is 1. The van der Waals surface area contributed by atoms with Crippen LogP contribution in [-0.2, 0) is 4.79 Å². The van der Waals surface area contributed by atoms with Gasteiger partial charge in [0.1, 0.15) is 5.71 Å². The number of hydrogen-bond acceptors (Lipinski definition) is 3. The third kappa shape index (κ3) is 2.58. The molecule has 0 aliphatic carbocycles. The van der Waals surface area contributed by atoms with Crippen LogP contribution in [0, 0.1) is 5.92 Å². The van der Waals surface area contributed by atoms with Crippen LogP contribution in [0.2, 0.25) is 5.02 Å². The van der Waals surface area contributed by atoms with E-state index in [1.807, 2.05) is 19.1 Å². The Bertz CT molecular complexity index is 455. The van der Waals surface area contributed by atoms with E-state index in [2.05, 4.69) is 10.5 Å². The molecule has 1 aliphatic rings. The lowest BCUT2D eigenvalue weighted by Gasteiger charge is -2.04. The average molecular weight is 252 g/mol. The van der Waals surface area contributed by atoms with Crippen molar-refractivity contribution in [3.05, 3.63) is 29.3 Å². The molecule has 1 saturated heterocycles. The fourth-order valence-electron chi connectivity index (χ4n) is 1.79. The number of halogens is 1. The Kier molecular flexibility index (Phi) is 3.33. The van der Waals surface area contributed by atoms with Crippen LogP contribution in [0.15, 0.2) is 29.4 Å². The molecule has 17 heavy (non-hydrogen) atoms. The van der Waals surface area contributed by atoms with E-state index in [1.54, 1.807) is 24.1 Å². The average Bonchev–Trinajstić information content (AvgIpc) is 2.54. The number of carbonyl (C=O) groups excluding carboxylic acids is 1. The Morgan fingerprint density at radius 2 is 2.06 bits per heavy atom. The van der Waals surface area contributed by atoms with Crippen molar-refractivity contribution in [2.45, 2.75) is 6.92 Å². The number of nitrogens with zero attached hydrogens (tertiary/aromatic N) is 2. The summed E-state index contributed by atoms with van der Waals surface area (Å²) in [6.45, 7) is 2.71. The van der Waals surface area contributed by atoms with Crippen molar-refractivity contribution in [2.75, 3.05) is 19.0 Å². The summed E-state index contributed by atoms with van der Waals surface area (Å²) in [7, 11) is 1.78. The number of benzene rings is 1. The second-order valence-electron chi connectivity index (χ2n) is 4.20. The first-order valence-corrected chi connectivity index (χ1v) is 5.80. The highest BCUT2D eigenvalue weighted by Gasteiger charge is 2.31. The molecule has 1 unspecified atom stereocenters. The van der Waals surface area contributed by atoms with Crippen LogP contribution in [0.25, 0.3) is 0 Å². The van der Waals surface area contributed by atoms with Crippen molar-refractivity contribution in [1.29, 1.82) is 0 Å². The SMILES string of the molecule is CC1CN(C)C(=O)C1=NNc1ccc(Cl)cc1. The van der Waals surface area contributed by atoms with E-state index in [0.29, 0.717) is 10.7 Å². The van der Waals surface area contributed by atoms with Gasteiger partial charge in [-0.25, -0.2) is 0 Å². The highest BCUT2D eigenvalue weighted by molar-refractivity contribution is 6.41. The number of hydrogen-bond donors (Lipinski definition) is 1. The molecule has 0 spiro atoms. The van der Waals surface area contributed by atoms with Crippen LogP contribution < -0.4 is 5.43 Å². The molecule has 1 N–H and O–H groups in total. The molecular formula is C12H14ClN3O. The van der Waals surface area contributed by atoms with Crippen molar-refractivity contribution < 1.29 is 4.79 Å².